The Balaban J connectivity index is 1.45. The predicted molar refractivity (Wildman–Crippen MR) is 97.6 cm³/mol. The average molecular weight is 354 g/mol. The summed E-state index contributed by atoms with van der Waals surface area (Å²) in [5.41, 5.74) is 2.85. The van der Waals surface area contributed by atoms with E-state index in [1.807, 2.05) is 54.0 Å². The molecule has 0 saturated carbocycles. The number of rotatable bonds is 6. The lowest BCUT2D eigenvalue weighted by Gasteiger charge is -2.19. The van der Waals surface area contributed by atoms with E-state index in [0.29, 0.717) is 26.4 Å². The molecule has 6 heteroatoms. The van der Waals surface area contributed by atoms with Crippen LogP contribution in [0.15, 0.2) is 42.5 Å². The fourth-order valence-electron chi connectivity index (χ4n) is 3.16. The molecule has 1 aliphatic heterocycles. The van der Waals surface area contributed by atoms with Crippen LogP contribution in [0.5, 0.6) is 11.5 Å². The summed E-state index contributed by atoms with van der Waals surface area (Å²) in [4.78, 5) is 4.58. The second kappa shape index (κ2) is 7.35. The maximum atomic E-state index is 10.4. The molecule has 0 saturated heterocycles. The largest absolute Gasteiger partial charge is 0.486 e. The third-order valence-electron chi connectivity index (χ3n) is 4.42. The fraction of sp³-hybridized carbons (Fsp3) is 0.350. The third kappa shape index (κ3) is 3.52. The first-order valence-electron chi connectivity index (χ1n) is 8.77. The van der Waals surface area contributed by atoms with Crippen molar-refractivity contribution in [3.8, 4) is 11.5 Å². The van der Waals surface area contributed by atoms with Crippen LogP contribution in [-0.4, -0.2) is 40.6 Å². The second-order valence-electron chi connectivity index (χ2n) is 6.41. The van der Waals surface area contributed by atoms with Gasteiger partial charge in [0, 0.05) is 12.1 Å². The number of hydrogen-bond donors (Lipinski definition) is 1. The van der Waals surface area contributed by atoms with Gasteiger partial charge in [0.2, 0.25) is 0 Å². The normalized spacial score (nSPS) is 14.5. The molecule has 0 spiro atoms. The zero-order chi connectivity index (χ0) is 17.9. The molecule has 1 aliphatic rings. The maximum absolute atomic E-state index is 10.4. The lowest BCUT2D eigenvalue weighted by atomic mass is 10.2. The zero-order valence-electron chi connectivity index (χ0n) is 14.7. The summed E-state index contributed by atoms with van der Waals surface area (Å²) in [6.07, 6.45) is -0.622. The van der Waals surface area contributed by atoms with Gasteiger partial charge in [0.25, 0.3) is 0 Å². The van der Waals surface area contributed by atoms with Crippen molar-refractivity contribution >= 4 is 11.0 Å². The van der Waals surface area contributed by atoms with E-state index in [-0.39, 0.29) is 6.61 Å². The van der Waals surface area contributed by atoms with E-state index in [4.69, 9.17) is 14.2 Å². The molecule has 26 heavy (non-hydrogen) atoms. The van der Waals surface area contributed by atoms with Crippen molar-refractivity contribution in [1.29, 1.82) is 0 Å². The maximum Gasteiger partial charge on any atom is 0.163 e. The molecule has 0 unspecified atom stereocenters. The number of benzene rings is 2. The second-order valence-corrected chi connectivity index (χ2v) is 6.41. The Hall–Kier alpha value is -2.57. The number of fused-ring (bicyclic) bond motifs is 2. The van der Waals surface area contributed by atoms with Gasteiger partial charge in [-0.05, 0) is 12.5 Å². The fourth-order valence-corrected chi connectivity index (χ4v) is 3.16. The molecule has 1 N–H and O–H groups in total. The van der Waals surface area contributed by atoms with E-state index in [0.717, 1.165) is 33.9 Å². The first kappa shape index (κ1) is 16.9. The van der Waals surface area contributed by atoms with Crippen LogP contribution in [0.2, 0.25) is 0 Å². The average Bonchev–Trinajstić information content (AvgIpc) is 2.95. The minimum absolute atomic E-state index is 0.262. The van der Waals surface area contributed by atoms with Gasteiger partial charge in [-0.25, -0.2) is 4.98 Å². The molecule has 0 aliphatic carbocycles. The van der Waals surface area contributed by atoms with Crippen LogP contribution in [0.1, 0.15) is 11.4 Å². The van der Waals surface area contributed by atoms with E-state index >= 15 is 0 Å². The number of hydrogen-bond acceptors (Lipinski definition) is 5. The van der Waals surface area contributed by atoms with Crippen molar-refractivity contribution in [2.24, 2.45) is 0 Å². The molecule has 2 aromatic carbocycles. The Morgan fingerprint density at radius 1 is 1.15 bits per heavy atom. The molecule has 0 bridgehead atoms. The number of nitrogens with zero attached hydrogens (tertiary/aromatic N) is 2. The van der Waals surface area contributed by atoms with Gasteiger partial charge in [-0.15, -0.1) is 0 Å². The first-order valence-corrected chi connectivity index (χ1v) is 8.77. The smallest absolute Gasteiger partial charge is 0.163 e. The Kier molecular flexibility index (Phi) is 4.77. The van der Waals surface area contributed by atoms with Crippen LogP contribution < -0.4 is 9.47 Å². The number of ether oxygens (including phenoxy) is 3. The molecule has 6 nitrogen and oxygen atoms in total. The van der Waals surface area contributed by atoms with Crippen LogP contribution in [0.25, 0.3) is 11.0 Å². The molecule has 1 atom stereocenters. The Morgan fingerprint density at radius 2 is 1.88 bits per heavy atom. The van der Waals surface area contributed by atoms with Gasteiger partial charge >= 0.3 is 0 Å². The molecule has 3 aromatic rings. The van der Waals surface area contributed by atoms with Crippen LogP contribution in [0.4, 0.5) is 0 Å². The van der Waals surface area contributed by atoms with Crippen molar-refractivity contribution in [3.05, 3.63) is 53.9 Å². The highest BCUT2D eigenvalue weighted by Gasteiger charge is 2.18. The van der Waals surface area contributed by atoms with Gasteiger partial charge in [-0.3, -0.25) is 0 Å². The van der Waals surface area contributed by atoms with E-state index in [2.05, 4.69) is 4.98 Å². The van der Waals surface area contributed by atoms with Crippen molar-refractivity contribution in [2.45, 2.75) is 26.2 Å². The summed E-state index contributed by atoms with van der Waals surface area (Å²) < 4.78 is 18.9. The summed E-state index contributed by atoms with van der Waals surface area (Å²) >= 11 is 0. The van der Waals surface area contributed by atoms with Crippen molar-refractivity contribution < 1.29 is 19.3 Å². The van der Waals surface area contributed by atoms with Crippen molar-refractivity contribution in [2.75, 3.05) is 19.8 Å². The predicted octanol–water partition coefficient (Wildman–Crippen LogP) is 2.69. The van der Waals surface area contributed by atoms with Crippen molar-refractivity contribution in [1.82, 2.24) is 9.55 Å². The van der Waals surface area contributed by atoms with Crippen LogP contribution in [0, 0.1) is 6.92 Å². The van der Waals surface area contributed by atoms with Gasteiger partial charge in [0.15, 0.2) is 11.5 Å². The summed E-state index contributed by atoms with van der Waals surface area (Å²) in [7, 11) is 0. The highest BCUT2D eigenvalue weighted by molar-refractivity contribution is 5.80. The van der Waals surface area contributed by atoms with E-state index < -0.39 is 6.10 Å². The molecule has 1 aromatic heterocycles. The molecule has 0 radical (unpaired) electrons. The molecular weight excluding hydrogens is 332 g/mol. The molecule has 0 amide bonds. The molecule has 2 heterocycles. The van der Waals surface area contributed by atoms with E-state index in [9.17, 15) is 5.11 Å². The number of aliphatic hydroxyl groups is 1. The molecule has 0 fully saturated rings. The summed E-state index contributed by atoms with van der Waals surface area (Å²) in [5.74, 6) is 2.28. The first-order chi connectivity index (χ1) is 12.7. The topological polar surface area (TPSA) is 65.7 Å². The summed E-state index contributed by atoms with van der Waals surface area (Å²) in [6.45, 7) is 4.19. The van der Waals surface area contributed by atoms with Gasteiger partial charge in [-0.1, -0.05) is 30.3 Å². The lowest BCUT2D eigenvalue weighted by molar-refractivity contribution is 0.0206. The number of aromatic nitrogens is 2. The monoisotopic (exact) mass is 354 g/mol. The zero-order valence-corrected chi connectivity index (χ0v) is 14.7. The van der Waals surface area contributed by atoms with Gasteiger partial charge in [0.1, 0.15) is 19.0 Å². The Bertz CT molecular complexity index is 892. The minimum Gasteiger partial charge on any atom is -0.486 e. The SMILES string of the molecule is Cc1nc2cc3c(cc2n1C[C@@H](O)COCc1ccccc1)OCCO3. The summed E-state index contributed by atoms with van der Waals surface area (Å²) in [5, 5.41) is 10.4. The Labute approximate surface area is 151 Å². The van der Waals surface area contributed by atoms with Gasteiger partial charge < -0.3 is 23.9 Å². The standard InChI is InChI=1S/C20H22N2O4/c1-14-21-17-9-19-20(26-8-7-25-19)10-18(17)22(14)11-16(23)13-24-12-15-5-3-2-4-6-15/h2-6,9-10,16,23H,7-8,11-13H2,1H3/t16-/m1/s1. The van der Waals surface area contributed by atoms with E-state index in [1.165, 1.54) is 0 Å². The number of aliphatic hydroxyl groups excluding tert-OH is 1. The van der Waals surface area contributed by atoms with Crippen LogP contribution in [0.3, 0.4) is 0 Å². The molecule has 136 valence electrons. The molecule has 4 rings (SSSR count). The summed E-state index contributed by atoms with van der Waals surface area (Å²) in [6, 6.07) is 13.8. The van der Waals surface area contributed by atoms with Gasteiger partial charge in [-0.2, -0.15) is 0 Å². The lowest BCUT2D eigenvalue weighted by Crippen LogP contribution is -2.22. The number of imidazole rings is 1. The minimum atomic E-state index is -0.622. The van der Waals surface area contributed by atoms with E-state index in [1.54, 1.807) is 0 Å². The highest BCUT2D eigenvalue weighted by Crippen LogP contribution is 2.34. The highest BCUT2D eigenvalue weighted by atomic mass is 16.6. The molecular formula is C20H22N2O4. The quantitative estimate of drug-likeness (QED) is 0.737. The Morgan fingerprint density at radius 3 is 2.65 bits per heavy atom. The van der Waals surface area contributed by atoms with Crippen LogP contribution in [-0.2, 0) is 17.9 Å². The van der Waals surface area contributed by atoms with Crippen molar-refractivity contribution in [3.63, 3.8) is 0 Å². The number of aryl methyl sites for hydroxylation is 1. The third-order valence-corrected chi connectivity index (χ3v) is 4.42. The van der Waals surface area contributed by atoms with Gasteiger partial charge in [0.05, 0.1) is 36.9 Å². The van der Waals surface area contributed by atoms with Crippen LogP contribution >= 0.6 is 0 Å².